The first kappa shape index (κ1) is 15.3. The maximum absolute atomic E-state index is 13.7. The van der Waals surface area contributed by atoms with Crippen LogP contribution >= 0.6 is 11.6 Å². The molecule has 3 rings (SSSR count). The molecule has 2 aliphatic rings. The highest BCUT2D eigenvalue weighted by molar-refractivity contribution is 6.31. The molecule has 0 amide bonds. The summed E-state index contributed by atoms with van der Waals surface area (Å²) >= 11 is 6.26. The third-order valence-electron chi connectivity index (χ3n) is 5.30. The molecule has 0 aliphatic carbocycles. The van der Waals surface area contributed by atoms with Crippen LogP contribution in [0, 0.1) is 18.2 Å². The zero-order valence-electron chi connectivity index (χ0n) is 12.7. The SMILES string of the molecule is Cc1cc(Cl)c(CN2CCC3(CCNCC3)CC2)cc1F. The zero-order valence-corrected chi connectivity index (χ0v) is 13.5. The van der Waals surface area contributed by atoms with Gasteiger partial charge in [0.05, 0.1) is 0 Å². The third kappa shape index (κ3) is 3.41. The van der Waals surface area contributed by atoms with Gasteiger partial charge in [0.1, 0.15) is 5.82 Å². The van der Waals surface area contributed by atoms with E-state index in [1.807, 2.05) is 0 Å². The largest absolute Gasteiger partial charge is 0.317 e. The molecular formula is C17H24ClFN2. The first-order valence-corrected chi connectivity index (χ1v) is 8.33. The van der Waals surface area contributed by atoms with Gasteiger partial charge in [0.25, 0.3) is 0 Å². The summed E-state index contributed by atoms with van der Waals surface area (Å²) in [5.74, 6) is -0.152. The van der Waals surface area contributed by atoms with Crippen LogP contribution in [0.25, 0.3) is 0 Å². The standard InChI is InChI=1S/C17H24ClFN2/c1-13-10-15(18)14(11-16(13)19)12-21-8-4-17(5-9-21)2-6-20-7-3-17/h10-11,20H,2-9,12H2,1H3. The molecule has 1 aromatic carbocycles. The Kier molecular flexibility index (Phi) is 4.53. The third-order valence-corrected chi connectivity index (χ3v) is 5.65. The molecule has 0 bridgehead atoms. The first-order valence-electron chi connectivity index (χ1n) is 7.96. The monoisotopic (exact) mass is 310 g/mol. The lowest BCUT2D eigenvalue weighted by Gasteiger charge is -2.44. The van der Waals surface area contributed by atoms with E-state index in [0.717, 1.165) is 38.3 Å². The Hall–Kier alpha value is -0.640. The van der Waals surface area contributed by atoms with Crippen molar-refractivity contribution in [3.63, 3.8) is 0 Å². The summed E-state index contributed by atoms with van der Waals surface area (Å²) in [6.45, 7) is 7.05. The van der Waals surface area contributed by atoms with E-state index in [1.165, 1.54) is 25.7 Å². The minimum Gasteiger partial charge on any atom is -0.317 e. The summed E-state index contributed by atoms with van der Waals surface area (Å²) in [5.41, 5.74) is 2.10. The fourth-order valence-corrected chi connectivity index (χ4v) is 3.97. The molecule has 0 aromatic heterocycles. The fourth-order valence-electron chi connectivity index (χ4n) is 3.69. The molecule has 4 heteroatoms. The van der Waals surface area contributed by atoms with Crippen LogP contribution in [0.4, 0.5) is 4.39 Å². The molecule has 2 saturated heterocycles. The maximum Gasteiger partial charge on any atom is 0.126 e. The number of likely N-dealkylation sites (tertiary alicyclic amines) is 1. The van der Waals surface area contributed by atoms with Gasteiger partial charge in [-0.2, -0.15) is 0 Å². The highest BCUT2D eigenvalue weighted by Gasteiger charge is 2.35. The van der Waals surface area contributed by atoms with Gasteiger partial charge in [-0.25, -0.2) is 4.39 Å². The maximum atomic E-state index is 13.7. The van der Waals surface area contributed by atoms with E-state index in [9.17, 15) is 4.39 Å². The topological polar surface area (TPSA) is 15.3 Å². The Morgan fingerprint density at radius 2 is 1.86 bits per heavy atom. The van der Waals surface area contributed by atoms with Crippen LogP contribution in [0.2, 0.25) is 5.02 Å². The van der Waals surface area contributed by atoms with Gasteiger partial charge in [0.2, 0.25) is 0 Å². The van der Waals surface area contributed by atoms with Gasteiger partial charge in [-0.3, -0.25) is 4.90 Å². The van der Waals surface area contributed by atoms with Crippen molar-refractivity contribution in [2.24, 2.45) is 5.41 Å². The molecule has 2 aliphatic heterocycles. The molecule has 2 nitrogen and oxygen atoms in total. The molecule has 0 saturated carbocycles. The molecule has 0 radical (unpaired) electrons. The lowest BCUT2D eigenvalue weighted by Crippen LogP contribution is -2.45. The van der Waals surface area contributed by atoms with E-state index in [-0.39, 0.29) is 5.82 Å². The highest BCUT2D eigenvalue weighted by atomic mass is 35.5. The molecule has 1 N–H and O–H groups in total. The van der Waals surface area contributed by atoms with E-state index < -0.39 is 0 Å². The normalized spacial score (nSPS) is 22.6. The quantitative estimate of drug-likeness (QED) is 0.895. The summed E-state index contributed by atoms with van der Waals surface area (Å²) in [5, 5.41) is 4.14. The first-order chi connectivity index (χ1) is 10.1. The van der Waals surface area contributed by atoms with Crippen molar-refractivity contribution in [1.29, 1.82) is 0 Å². The second kappa shape index (κ2) is 6.23. The van der Waals surface area contributed by atoms with Gasteiger partial charge in [-0.05, 0) is 87.5 Å². The minimum absolute atomic E-state index is 0.152. The van der Waals surface area contributed by atoms with Crippen LogP contribution in [0.3, 0.4) is 0 Å². The van der Waals surface area contributed by atoms with Crippen LogP contribution in [-0.4, -0.2) is 31.1 Å². The molecule has 0 atom stereocenters. The molecular weight excluding hydrogens is 287 g/mol. The molecule has 1 aromatic rings. The molecule has 0 unspecified atom stereocenters. The lowest BCUT2D eigenvalue weighted by molar-refractivity contribution is 0.0701. The van der Waals surface area contributed by atoms with E-state index in [0.29, 0.717) is 16.0 Å². The Bertz CT molecular complexity index is 502. The Labute approximate surface area is 131 Å². The number of rotatable bonds is 2. The van der Waals surface area contributed by atoms with Crippen LogP contribution in [0.1, 0.15) is 36.8 Å². The van der Waals surface area contributed by atoms with Crippen molar-refractivity contribution >= 4 is 11.6 Å². The van der Waals surface area contributed by atoms with Gasteiger partial charge in [0.15, 0.2) is 0 Å². The molecule has 2 heterocycles. The molecule has 116 valence electrons. The molecule has 21 heavy (non-hydrogen) atoms. The average Bonchev–Trinajstić information content (AvgIpc) is 2.48. The molecule has 2 fully saturated rings. The number of hydrogen-bond acceptors (Lipinski definition) is 2. The smallest absolute Gasteiger partial charge is 0.126 e. The fraction of sp³-hybridized carbons (Fsp3) is 0.647. The van der Waals surface area contributed by atoms with Gasteiger partial charge in [0, 0.05) is 11.6 Å². The summed E-state index contributed by atoms with van der Waals surface area (Å²) < 4.78 is 13.7. The van der Waals surface area contributed by atoms with Crippen molar-refractivity contribution in [3.05, 3.63) is 34.1 Å². The van der Waals surface area contributed by atoms with E-state index in [1.54, 1.807) is 19.1 Å². The van der Waals surface area contributed by atoms with Crippen LogP contribution in [-0.2, 0) is 6.54 Å². The number of hydrogen-bond donors (Lipinski definition) is 1. The Balaban J connectivity index is 1.61. The van der Waals surface area contributed by atoms with Crippen molar-refractivity contribution < 1.29 is 4.39 Å². The Morgan fingerprint density at radius 1 is 1.19 bits per heavy atom. The van der Waals surface area contributed by atoms with Crippen LogP contribution in [0.15, 0.2) is 12.1 Å². The van der Waals surface area contributed by atoms with E-state index >= 15 is 0 Å². The van der Waals surface area contributed by atoms with Crippen molar-refractivity contribution in [1.82, 2.24) is 10.2 Å². The predicted octanol–water partition coefficient (Wildman–Crippen LogP) is 3.75. The summed E-state index contributed by atoms with van der Waals surface area (Å²) in [7, 11) is 0. The van der Waals surface area contributed by atoms with Gasteiger partial charge in [-0.1, -0.05) is 11.6 Å². The van der Waals surface area contributed by atoms with Crippen LogP contribution in [0.5, 0.6) is 0 Å². The Morgan fingerprint density at radius 3 is 2.52 bits per heavy atom. The van der Waals surface area contributed by atoms with Gasteiger partial charge in [-0.15, -0.1) is 0 Å². The van der Waals surface area contributed by atoms with Crippen molar-refractivity contribution in [2.45, 2.75) is 39.2 Å². The summed E-state index contributed by atoms with van der Waals surface area (Å²) in [6.07, 6.45) is 5.14. The number of nitrogens with zero attached hydrogens (tertiary/aromatic N) is 1. The van der Waals surface area contributed by atoms with Crippen molar-refractivity contribution in [3.8, 4) is 0 Å². The van der Waals surface area contributed by atoms with Crippen molar-refractivity contribution in [2.75, 3.05) is 26.2 Å². The number of halogens is 2. The number of nitrogens with one attached hydrogen (secondary N) is 1. The highest BCUT2D eigenvalue weighted by Crippen LogP contribution is 2.39. The van der Waals surface area contributed by atoms with E-state index in [4.69, 9.17) is 11.6 Å². The van der Waals surface area contributed by atoms with Gasteiger partial charge < -0.3 is 5.32 Å². The number of piperidine rings is 2. The number of aryl methyl sites for hydroxylation is 1. The van der Waals surface area contributed by atoms with Crippen LogP contribution < -0.4 is 5.32 Å². The van der Waals surface area contributed by atoms with E-state index in [2.05, 4.69) is 10.2 Å². The second-order valence-electron chi connectivity index (χ2n) is 6.72. The molecule has 1 spiro atoms. The second-order valence-corrected chi connectivity index (χ2v) is 7.13. The van der Waals surface area contributed by atoms with Gasteiger partial charge >= 0.3 is 0 Å². The number of benzene rings is 1. The minimum atomic E-state index is -0.152. The lowest BCUT2D eigenvalue weighted by atomic mass is 9.71. The summed E-state index contributed by atoms with van der Waals surface area (Å²) in [4.78, 5) is 2.42. The average molecular weight is 311 g/mol. The summed E-state index contributed by atoms with van der Waals surface area (Å²) in [6, 6.07) is 3.34. The predicted molar refractivity (Wildman–Crippen MR) is 85.2 cm³/mol. The zero-order chi connectivity index (χ0) is 14.9.